The van der Waals surface area contributed by atoms with E-state index in [9.17, 15) is 18.0 Å². The van der Waals surface area contributed by atoms with Gasteiger partial charge in [0, 0.05) is 10.5 Å². The molecule has 0 bridgehead atoms. The molecule has 1 aromatic rings. The number of rotatable bonds is 6. The number of unbranched alkanes of at least 4 members (excludes halogenated alkanes) is 2. The Labute approximate surface area is 109 Å². The van der Waals surface area contributed by atoms with Gasteiger partial charge in [-0.2, -0.15) is 13.2 Å². The zero-order chi connectivity index (χ0) is 13.6. The molecule has 18 heavy (non-hydrogen) atoms. The molecule has 0 unspecified atom stereocenters. The number of Topliss-reactive ketones (excluding diaryl/α,β-unsaturated/α-hetero) is 1. The van der Waals surface area contributed by atoms with Gasteiger partial charge in [0.2, 0.25) is 0 Å². The van der Waals surface area contributed by atoms with Crippen LogP contribution < -0.4 is 0 Å². The quantitative estimate of drug-likeness (QED) is 0.425. The van der Waals surface area contributed by atoms with Gasteiger partial charge in [0.05, 0.1) is 0 Å². The van der Waals surface area contributed by atoms with Crippen LogP contribution in [0.1, 0.15) is 36.5 Å². The van der Waals surface area contributed by atoms with E-state index in [1.165, 1.54) is 23.9 Å². The summed E-state index contributed by atoms with van der Waals surface area (Å²) in [6.07, 6.45) is -1.76. The summed E-state index contributed by atoms with van der Waals surface area (Å²) in [5.74, 6) is -1.03. The number of benzene rings is 1. The fraction of sp³-hybridized carbons (Fsp3) is 0.462. The molecule has 0 saturated heterocycles. The molecule has 0 saturated carbocycles. The number of carbonyl (C=O) groups excluding carboxylic acids is 1. The molecule has 0 atom stereocenters. The van der Waals surface area contributed by atoms with Crippen molar-refractivity contribution in [1.29, 1.82) is 0 Å². The van der Waals surface area contributed by atoms with Crippen LogP contribution in [-0.4, -0.2) is 17.7 Å². The Bertz CT molecular complexity index is 401. The highest BCUT2D eigenvalue weighted by atomic mass is 32.2. The van der Waals surface area contributed by atoms with Crippen molar-refractivity contribution >= 4 is 17.5 Å². The topological polar surface area (TPSA) is 17.1 Å². The van der Waals surface area contributed by atoms with Crippen LogP contribution in [0.4, 0.5) is 13.2 Å². The lowest BCUT2D eigenvalue weighted by Crippen LogP contribution is -2.23. The van der Waals surface area contributed by atoms with E-state index < -0.39 is 12.0 Å². The van der Waals surface area contributed by atoms with Crippen LogP contribution in [0.2, 0.25) is 0 Å². The Kier molecular flexibility index (Phi) is 5.72. The second-order valence-corrected chi connectivity index (χ2v) is 5.02. The van der Waals surface area contributed by atoms with E-state index >= 15 is 0 Å². The number of halogens is 3. The largest absolute Gasteiger partial charge is 0.454 e. The second-order valence-electron chi connectivity index (χ2n) is 3.88. The number of ketones is 1. The lowest BCUT2D eigenvalue weighted by atomic mass is 10.1. The number of carbonyl (C=O) groups is 1. The van der Waals surface area contributed by atoms with Crippen molar-refractivity contribution in [1.82, 2.24) is 0 Å². The molecular weight excluding hydrogens is 261 g/mol. The third kappa shape index (κ3) is 4.37. The van der Waals surface area contributed by atoms with Gasteiger partial charge in [0.25, 0.3) is 5.78 Å². The lowest BCUT2D eigenvalue weighted by Gasteiger charge is -2.10. The van der Waals surface area contributed by atoms with Crippen LogP contribution in [0.25, 0.3) is 0 Å². The minimum Gasteiger partial charge on any atom is -0.284 e. The van der Waals surface area contributed by atoms with Crippen molar-refractivity contribution < 1.29 is 18.0 Å². The molecule has 0 aliphatic rings. The summed E-state index contributed by atoms with van der Waals surface area (Å²) in [6, 6.07) is 5.90. The molecule has 1 aromatic carbocycles. The van der Waals surface area contributed by atoms with Gasteiger partial charge in [-0.1, -0.05) is 31.9 Å². The summed E-state index contributed by atoms with van der Waals surface area (Å²) in [7, 11) is 0. The maximum atomic E-state index is 12.4. The Morgan fingerprint density at radius 3 is 2.50 bits per heavy atom. The van der Waals surface area contributed by atoms with Crippen LogP contribution >= 0.6 is 11.8 Å². The van der Waals surface area contributed by atoms with Crippen molar-refractivity contribution in [3.05, 3.63) is 29.8 Å². The van der Waals surface area contributed by atoms with Crippen LogP contribution in [0, 0.1) is 0 Å². The van der Waals surface area contributed by atoms with Crippen LogP contribution in [-0.2, 0) is 0 Å². The van der Waals surface area contributed by atoms with E-state index in [4.69, 9.17) is 0 Å². The fourth-order valence-corrected chi connectivity index (χ4v) is 2.53. The normalized spacial score (nSPS) is 11.6. The smallest absolute Gasteiger partial charge is 0.284 e. The minimum atomic E-state index is -4.81. The lowest BCUT2D eigenvalue weighted by molar-refractivity contribution is -0.0887. The van der Waals surface area contributed by atoms with Gasteiger partial charge >= 0.3 is 6.18 Å². The highest BCUT2D eigenvalue weighted by Gasteiger charge is 2.40. The molecule has 0 aliphatic carbocycles. The Balaban J connectivity index is 2.77. The van der Waals surface area contributed by atoms with Crippen molar-refractivity contribution in [2.75, 3.05) is 5.75 Å². The zero-order valence-corrected chi connectivity index (χ0v) is 10.9. The molecule has 0 amide bonds. The fourth-order valence-electron chi connectivity index (χ4n) is 1.47. The Morgan fingerprint density at radius 1 is 1.22 bits per heavy atom. The third-order valence-corrected chi connectivity index (χ3v) is 3.55. The highest BCUT2D eigenvalue weighted by Crippen LogP contribution is 2.29. The van der Waals surface area contributed by atoms with Crippen LogP contribution in [0.5, 0.6) is 0 Å². The predicted octanol–water partition coefficient (Wildman–Crippen LogP) is 4.71. The molecule has 5 heteroatoms. The number of hydrogen-bond donors (Lipinski definition) is 0. The van der Waals surface area contributed by atoms with Crippen molar-refractivity contribution in [2.45, 2.75) is 37.3 Å². The van der Waals surface area contributed by atoms with Gasteiger partial charge < -0.3 is 0 Å². The highest BCUT2D eigenvalue weighted by molar-refractivity contribution is 7.99. The maximum absolute atomic E-state index is 12.4. The average molecular weight is 276 g/mol. The molecule has 0 fully saturated rings. The van der Waals surface area contributed by atoms with Crippen LogP contribution in [0.15, 0.2) is 29.2 Å². The van der Waals surface area contributed by atoms with Crippen molar-refractivity contribution in [3.63, 3.8) is 0 Å². The van der Waals surface area contributed by atoms with E-state index in [1.807, 2.05) is 0 Å². The monoisotopic (exact) mass is 276 g/mol. The van der Waals surface area contributed by atoms with Gasteiger partial charge in [-0.25, -0.2) is 0 Å². The zero-order valence-electron chi connectivity index (χ0n) is 10.1. The van der Waals surface area contributed by atoms with E-state index in [1.54, 1.807) is 12.1 Å². The van der Waals surface area contributed by atoms with Gasteiger partial charge in [0.1, 0.15) is 0 Å². The second kappa shape index (κ2) is 6.83. The summed E-state index contributed by atoms with van der Waals surface area (Å²) < 4.78 is 37.2. The number of thioether (sulfide) groups is 1. The first-order valence-electron chi connectivity index (χ1n) is 5.80. The first kappa shape index (κ1) is 15.1. The molecule has 0 radical (unpaired) electrons. The van der Waals surface area contributed by atoms with Gasteiger partial charge in [-0.05, 0) is 24.3 Å². The molecule has 1 nitrogen and oxygen atoms in total. The summed E-state index contributed by atoms with van der Waals surface area (Å²) >= 11 is 1.31. The molecule has 0 aromatic heterocycles. The average Bonchev–Trinajstić information content (AvgIpc) is 2.33. The van der Waals surface area contributed by atoms with E-state index in [2.05, 4.69) is 6.92 Å². The standard InChI is InChI=1S/C13H15F3OS/c1-2-3-6-9-18-11-8-5-4-7-10(11)12(17)13(14,15)16/h4-5,7-8H,2-3,6,9H2,1H3. The molecule has 0 aliphatic heterocycles. The van der Waals surface area contributed by atoms with Crippen molar-refractivity contribution in [3.8, 4) is 0 Å². The minimum absolute atomic E-state index is 0.244. The number of alkyl halides is 3. The van der Waals surface area contributed by atoms with E-state index in [0.29, 0.717) is 4.90 Å². The molecule has 1 rings (SSSR count). The molecule has 0 heterocycles. The maximum Gasteiger partial charge on any atom is 0.454 e. The summed E-state index contributed by atoms with van der Waals surface area (Å²) in [4.78, 5) is 11.7. The Morgan fingerprint density at radius 2 is 1.89 bits per heavy atom. The Hall–Kier alpha value is -0.970. The molecule has 100 valence electrons. The summed E-state index contributed by atoms with van der Waals surface area (Å²) in [5.41, 5.74) is -0.244. The third-order valence-electron chi connectivity index (χ3n) is 2.39. The molecular formula is C13H15F3OS. The van der Waals surface area contributed by atoms with E-state index in [-0.39, 0.29) is 5.56 Å². The molecule has 0 N–H and O–H groups in total. The summed E-state index contributed by atoms with van der Waals surface area (Å²) in [6.45, 7) is 2.06. The van der Waals surface area contributed by atoms with Gasteiger partial charge in [-0.15, -0.1) is 11.8 Å². The first-order valence-corrected chi connectivity index (χ1v) is 6.78. The van der Waals surface area contributed by atoms with Gasteiger partial charge in [0.15, 0.2) is 0 Å². The SMILES string of the molecule is CCCCCSc1ccccc1C(=O)C(F)(F)F. The van der Waals surface area contributed by atoms with Gasteiger partial charge in [-0.3, -0.25) is 4.79 Å². The van der Waals surface area contributed by atoms with Crippen LogP contribution in [0.3, 0.4) is 0 Å². The first-order chi connectivity index (χ1) is 8.46. The predicted molar refractivity (Wildman–Crippen MR) is 67.1 cm³/mol. The van der Waals surface area contributed by atoms with E-state index in [0.717, 1.165) is 25.0 Å². The number of hydrogen-bond acceptors (Lipinski definition) is 2. The van der Waals surface area contributed by atoms with Crippen molar-refractivity contribution in [2.24, 2.45) is 0 Å². The summed E-state index contributed by atoms with van der Waals surface area (Å²) in [5, 5.41) is 0. The molecule has 0 spiro atoms.